The Hall–Kier alpha value is -2.60. The number of aromatic amines is 1. The zero-order chi connectivity index (χ0) is 23.1. The SMILES string of the molecule is C=C/C=c1/[nH]c(C2CCCN(C(=O)CCC(=O)NC(C)c3ccc(Br)cc3)C2)c/c1=C/C. The van der Waals surface area contributed by atoms with E-state index >= 15 is 0 Å². The van der Waals surface area contributed by atoms with E-state index in [9.17, 15) is 9.59 Å². The lowest BCUT2D eigenvalue weighted by atomic mass is 9.94. The molecule has 0 radical (unpaired) electrons. The van der Waals surface area contributed by atoms with E-state index in [1.807, 2.05) is 49.1 Å². The number of likely N-dealkylation sites (tertiary alicyclic amines) is 1. The van der Waals surface area contributed by atoms with Crippen molar-refractivity contribution in [1.29, 1.82) is 0 Å². The number of nitrogens with one attached hydrogen (secondary N) is 2. The van der Waals surface area contributed by atoms with Gasteiger partial charge >= 0.3 is 0 Å². The molecule has 2 aromatic rings. The number of piperidine rings is 1. The molecule has 2 atom stereocenters. The lowest BCUT2D eigenvalue weighted by Gasteiger charge is -2.32. The highest BCUT2D eigenvalue weighted by Crippen LogP contribution is 2.25. The monoisotopic (exact) mass is 497 g/mol. The highest BCUT2D eigenvalue weighted by atomic mass is 79.9. The van der Waals surface area contributed by atoms with Crippen LogP contribution >= 0.6 is 15.9 Å². The van der Waals surface area contributed by atoms with Crippen molar-refractivity contribution in [3.8, 4) is 0 Å². The van der Waals surface area contributed by atoms with E-state index < -0.39 is 0 Å². The molecule has 5 nitrogen and oxygen atoms in total. The third kappa shape index (κ3) is 6.22. The summed E-state index contributed by atoms with van der Waals surface area (Å²) < 4.78 is 1.00. The third-order valence-electron chi connectivity index (χ3n) is 6.02. The summed E-state index contributed by atoms with van der Waals surface area (Å²) in [5.41, 5.74) is 2.19. The van der Waals surface area contributed by atoms with Crippen LogP contribution in [0, 0.1) is 0 Å². The molecule has 6 heteroatoms. The number of carbonyl (C=O) groups excluding carboxylic acids is 2. The molecule has 0 aliphatic carbocycles. The Balaban J connectivity index is 1.54. The van der Waals surface area contributed by atoms with Gasteiger partial charge in [0.1, 0.15) is 0 Å². The Bertz CT molecular complexity index is 1070. The molecule has 1 aliphatic heterocycles. The summed E-state index contributed by atoms with van der Waals surface area (Å²) in [6.45, 7) is 9.20. The van der Waals surface area contributed by atoms with Crippen LogP contribution < -0.4 is 15.9 Å². The van der Waals surface area contributed by atoms with Gasteiger partial charge in [-0.1, -0.05) is 46.8 Å². The summed E-state index contributed by atoms with van der Waals surface area (Å²) >= 11 is 3.42. The van der Waals surface area contributed by atoms with Crippen molar-refractivity contribution in [1.82, 2.24) is 15.2 Å². The van der Waals surface area contributed by atoms with Gasteiger partial charge in [0.05, 0.1) is 6.04 Å². The number of rotatable bonds is 7. The maximum absolute atomic E-state index is 12.8. The molecule has 0 bridgehead atoms. The largest absolute Gasteiger partial charge is 0.358 e. The van der Waals surface area contributed by atoms with E-state index in [4.69, 9.17) is 0 Å². The van der Waals surface area contributed by atoms with Crippen LogP contribution in [0.25, 0.3) is 12.2 Å². The van der Waals surface area contributed by atoms with Crippen molar-refractivity contribution in [3.63, 3.8) is 0 Å². The molecule has 2 amide bonds. The molecule has 1 fully saturated rings. The first-order chi connectivity index (χ1) is 15.4. The van der Waals surface area contributed by atoms with E-state index in [0.717, 1.165) is 45.7 Å². The lowest BCUT2D eigenvalue weighted by molar-refractivity contribution is -0.134. The maximum Gasteiger partial charge on any atom is 0.223 e. The van der Waals surface area contributed by atoms with Gasteiger partial charge in [0.25, 0.3) is 0 Å². The van der Waals surface area contributed by atoms with Gasteiger partial charge in [-0.05, 0) is 61.7 Å². The highest BCUT2D eigenvalue weighted by molar-refractivity contribution is 9.10. The van der Waals surface area contributed by atoms with Crippen LogP contribution in [0.5, 0.6) is 0 Å². The topological polar surface area (TPSA) is 65.2 Å². The van der Waals surface area contributed by atoms with Gasteiger partial charge in [0, 0.05) is 47.4 Å². The second kappa shape index (κ2) is 11.3. The number of aromatic nitrogens is 1. The van der Waals surface area contributed by atoms with Gasteiger partial charge in [-0.15, -0.1) is 0 Å². The maximum atomic E-state index is 12.8. The van der Waals surface area contributed by atoms with Crippen LogP contribution in [0.1, 0.15) is 62.7 Å². The molecule has 2 unspecified atom stereocenters. The Morgan fingerprint density at radius 1 is 1.31 bits per heavy atom. The molecule has 1 aliphatic rings. The van der Waals surface area contributed by atoms with Gasteiger partial charge in [-0.3, -0.25) is 9.59 Å². The number of carbonyl (C=O) groups is 2. The van der Waals surface area contributed by atoms with E-state index in [2.05, 4.69) is 45.0 Å². The summed E-state index contributed by atoms with van der Waals surface area (Å²) in [6.07, 6.45) is 8.28. The zero-order valence-electron chi connectivity index (χ0n) is 18.9. The molecule has 1 aromatic carbocycles. The standard InChI is InChI=1S/C26H32BrN3O2/c1-4-7-23-19(5-2)16-24(29-23)21-8-6-15-30(17-21)26(32)14-13-25(31)28-18(3)20-9-11-22(27)12-10-20/h4-5,7,9-12,16,18,21,29H,1,6,8,13-15,17H2,2-3H3,(H,28,31)/b19-5-,23-7+. The molecule has 2 heterocycles. The summed E-state index contributed by atoms with van der Waals surface area (Å²) in [7, 11) is 0. The van der Waals surface area contributed by atoms with E-state index in [-0.39, 0.29) is 36.6 Å². The van der Waals surface area contributed by atoms with Crippen LogP contribution in [0.2, 0.25) is 0 Å². The number of nitrogens with zero attached hydrogens (tertiary/aromatic N) is 1. The fourth-order valence-corrected chi connectivity index (χ4v) is 4.47. The number of halogens is 1. The Kier molecular flexibility index (Phi) is 8.51. The van der Waals surface area contributed by atoms with Crippen molar-refractivity contribution in [2.45, 2.75) is 51.5 Å². The van der Waals surface area contributed by atoms with Crippen molar-refractivity contribution < 1.29 is 9.59 Å². The number of amides is 2. The minimum Gasteiger partial charge on any atom is -0.358 e. The van der Waals surface area contributed by atoms with Crippen molar-refractivity contribution in [2.75, 3.05) is 13.1 Å². The van der Waals surface area contributed by atoms with Crippen LogP contribution in [-0.4, -0.2) is 34.8 Å². The number of H-pyrrole nitrogens is 1. The average molecular weight is 498 g/mol. The smallest absolute Gasteiger partial charge is 0.223 e. The number of benzene rings is 1. The van der Waals surface area contributed by atoms with Crippen molar-refractivity contribution in [3.05, 3.63) is 69.3 Å². The number of hydrogen-bond donors (Lipinski definition) is 2. The molecule has 1 saturated heterocycles. The predicted molar refractivity (Wildman–Crippen MR) is 133 cm³/mol. The minimum atomic E-state index is -0.0978. The molecular weight excluding hydrogens is 466 g/mol. The second-order valence-corrected chi connectivity index (χ2v) is 9.22. The summed E-state index contributed by atoms with van der Waals surface area (Å²) in [4.78, 5) is 30.6. The van der Waals surface area contributed by atoms with Crippen molar-refractivity contribution >= 4 is 39.9 Å². The summed E-state index contributed by atoms with van der Waals surface area (Å²) in [5.74, 6) is 0.233. The van der Waals surface area contributed by atoms with E-state index in [0.29, 0.717) is 6.54 Å². The Morgan fingerprint density at radius 2 is 2.06 bits per heavy atom. The van der Waals surface area contributed by atoms with Gasteiger partial charge in [0.15, 0.2) is 0 Å². The van der Waals surface area contributed by atoms with Crippen LogP contribution in [0.4, 0.5) is 0 Å². The van der Waals surface area contributed by atoms with Gasteiger partial charge in [-0.25, -0.2) is 0 Å². The summed E-state index contributed by atoms with van der Waals surface area (Å²) in [5, 5.41) is 5.20. The lowest BCUT2D eigenvalue weighted by Crippen LogP contribution is -2.39. The first-order valence-corrected chi connectivity index (χ1v) is 12.0. The first kappa shape index (κ1) is 24.1. The highest BCUT2D eigenvalue weighted by Gasteiger charge is 2.26. The number of allylic oxidation sites excluding steroid dienone is 1. The molecule has 1 aromatic heterocycles. The van der Waals surface area contributed by atoms with E-state index in [1.54, 1.807) is 6.08 Å². The molecule has 0 spiro atoms. The number of hydrogen-bond acceptors (Lipinski definition) is 2. The fraction of sp³-hybridized carbons (Fsp3) is 0.385. The Morgan fingerprint density at radius 3 is 2.75 bits per heavy atom. The molecular formula is C26H32BrN3O2. The molecule has 0 saturated carbocycles. The van der Waals surface area contributed by atoms with Crippen LogP contribution in [0.3, 0.4) is 0 Å². The normalized spacial score (nSPS) is 18.5. The molecule has 170 valence electrons. The second-order valence-electron chi connectivity index (χ2n) is 8.30. The van der Waals surface area contributed by atoms with Gasteiger partial charge in [0.2, 0.25) is 11.8 Å². The van der Waals surface area contributed by atoms with Crippen LogP contribution in [0.15, 0.2) is 47.5 Å². The quantitative estimate of drug-likeness (QED) is 0.608. The molecule has 2 N–H and O–H groups in total. The average Bonchev–Trinajstić information content (AvgIpc) is 3.21. The first-order valence-electron chi connectivity index (χ1n) is 11.2. The van der Waals surface area contributed by atoms with Gasteiger partial charge < -0.3 is 15.2 Å². The predicted octanol–water partition coefficient (Wildman–Crippen LogP) is 3.91. The Labute approximate surface area is 198 Å². The van der Waals surface area contributed by atoms with Gasteiger partial charge in [-0.2, -0.15) is 0 Å². The minimum absolute atomic E-state index is 0.0489. The van der Waals surface area contributed by atoms with Crippen molar-refractivity contribution in [2.24, 2.45) is 0 Å². The molecule has 32 heavy (non-hydrogen) atoms. The van der Waals surface area contributed by atoms with Crippen LogP contribution in [-0.2, 0) is 9.59 Å². The zero-order valence-corrected chi connectivity index (χ0v) is 20.5. The summed E-state index contributed by atoms with van der Waals surface area (Å²) in [6, 6.07) is 9.95. The fourth-order valence-electron chi connectivity index (χ4n) is 4.21. The van der Waals surface area contributed by atoms with E-state index in [1.165, 1.54) is 0 Å². The third-order valence-corrected chi connectivity index (χ3v) is 6.55. The molecule has 3 rings (SSSR count).